The zero-order chi connectivity index (χ0) is 39.1. The second kappa shape index (κ2) is 13.4. The minimum atomic E-state index is 0.611. The van der Waals surface area contributed by atoms with E-state index in [0.717, 1.165) is 27.8 Å². The third-order valence-corrected chi connectivity index (χ3v) is 12.0. The highest BCUT2D eigenvalue weighted by Gasteiger charge is 2.28. The highest BCUT2D eigenvalue weighted by molar-refractivity contribution is 6.63. The average Bonchev–Trinajstić information content (AvgIpc) is 3.78. The van der Waals surface area contributed by atoms with Crippen LogP contribution in [0.4, 0.5) is 0 Å². The molecule has 0 spiro atoms. The van der Waals surface area contributed by atoms with Crippen molar-refractivity contribution in [1.82, 2.24) is 24.1 Å². The molecule has 10 aromatic rings. The molecule has 3 heterocycles. The first-order valence-corrected chi connectivity index (χ1v) is 19.7. The summed E-state index contributed by atoms with van der Waals surface area (Å²) in [5, 5.41) is 5.00. The molecule has 0 saturated heterocycles. The van der Waals surface area contributed by atoms with Gasteiger partial charge in [0.25, 0.3) is 0 Å². The van der Waals surface area contributed by atoms with Gasteiger partial charge in [0.05, 0.1) is 11.0 Å². The molecular formula is C45H36B7N5. The van der Waals surface area contributed by atoms with Crippen LogP contribution in [0.15, 0.2) is 133 Å². The zero-order valence-corrected chi connectivity index (χ0v) is 33.4. The molecular weight excluding hydrogens is 686 g/mol. The van der Waals surface area contributed by atoms with Crippen LogP contribution < -0.4 is 38.2 Å². The van der Waals surface area contributed by atoms with Crippen LogP contribution in [0.2, 0.25) is 0 Å². The van der Waals surface area contributed by atoms with Crippen molar-refractivity contribution in [2.75, 3.05) is 0 Å². The van der Waals surface area contributed by atoms with Crippen LogP contribution in [0.25, 0.3) is 89.2 Å². The van der Waals surface area contributed by atoms with E-state index in [1.165, 1.54) is 81.9 Å². The van der Waals surface area contributed by atoms with Crippen molar-refractivity contribution in [3.8, 4) is 45.5 Å². The Kier molecular flexibility index (Phi) is 8.22. The number of rotatable bonds is 5. The maximum absolute atomic E-state index is 5.32. The highest BCUT2D eigenvalue weighted by Crippen LogP contribution is 2.39. The van der Waals surface area contributed by atoms with Crippen molar-refractivity contribution < 1.29 is 0 Å². The molecule has 10 rings (SSSR count). The smallest absolute Gasteiger partial charge is 0.238 e. The Hall–Kier alpha value is -6.40. The largest absolute Gasteiger partial charge is 0.310 e. The maximum atomic E-state index is 5.32. The fraction of sp³-hybridized carbons (Fsp3) is 0. The molecule has 0 bridgehead atoms. The van der Waals surface area contributed by atoms with Crippen molar-refractivity contribution in [2.45, 2.75) is 0 Å². The molecule has 7 aromatic carbocycles. The monoisotopic (exact) mass is 723 g/mol. The second-order valence-corrected chi connectivity index (χ2v) is 15.6. The summed E-state index contributed by atoms with van der Waals surface area (Å²) in [6.07, 6.45) is 0. The Morgan fingerprint density at radius 2 is 0.912 bits per heavy atom. The molecule has 57 heavy (non-hydrogen) atoms. The summed E-state index contributed by atoms with van der Waals surface area (Å²) in [6.45, 7) is 0. The number of benzene rings is 7. The molecule has 12 heteroatoms. The summed E-state index contributed by atoms with van der Waals surface area (Å²) >= 11 is 0. The van der Waals surface area contributed by atoms with Gasteiger partial charge in [0.15, 0.2) is 11.6 Å². The fourth-order valence-electron chi connectivity index (χ4n) is 9.18. The van der Waals surface area contributed by atoms with Gasteiger partial charge in [-0.15, -0.1) is 0 Å². The summed E-state index contributed by atoms with van der Waals surface area (Å²) in [6, 6.07) is 47.2. The average molecular weight is 723 g/mol. The van der Waals surface area contributed by atoms with E-state index in [-0.39, 0.29) is 0 Å². The van der Waals surface area contributed by atoms with Gasteiger partial charge in [-0.2, -0.15) is 9.97 Å². The van der Waals surface area contributed by atoms with E-state index in [1.807, 2.05) is 36.4 Å². The third-order valence-electron chi connectivity index (χ3n) is 12.0. The van der Waals surface area contributed by atoms with Crippen molar-refractivity contribution >= 4 is 137 Å². The normalized spacial score (nSPS) is 11.6. The summed E-state index contributed by atoms with van der Waals surface area (Å²) in [5.74, 6) is 1.90. The molecule has 0 aliphatic heterocycles. The molecule has 0 radical (unpaired) electrons. The molecule has 0 fully saturated rings. The molecule has 0 unspecified atom stereocenters. The first kappa shape index (κ1) is 35.0. The van der Waals surface area contributed by atoms with Crippen molar-refractivity contribution in [3.05, 3.63) is 133 Å². The molecule has 5 nitrogen and oxygen atoms in total. The lowest BCUT2D eigenvalue weighted by Gasteiger charge is -2.16. The summed E-state index contributed by atoms with van der Waals surface area (Å²) in [4.78, 5) is 15.7. The van der Waals surface area contributed by atoms with E-state index in [4.69, 9.17) is 15.0 Å². The Morgan fingerprint density at radius 3 is 1.53 bits per heavy atom. The third kappa shape index (κ3) is 5.45. The Bertz CT molecular complexity index is 3200. The van der Waals surface area contributed by atoms with E-state index in [0.29, 0.717) is 17.6 Å². The number of nitrogens with zero attached hydrogens (tertiary/aromatic N) is 5. The number of fused-ring (bicyclic) bond motifs is 7. The lowest BCUT2D eigenvalue weighted by Crippen LogP contribution is -2.31. The zero-order valence-electron chi connectivity index (χ0n) is 33.4. The quantitative estimate of drug-likeness (QED) is 0.212. The van der Waals surface area contributed by atoms with Crippen LogP contribution in [0.5, 0.6) is 0 Å². The summed E-state index contributed by atoms with van der Waals surface area (Å²) in [7, 11) is 15.8. The Morgan fingerprint density at radius 1 is 0.368 bits per heavy atom. The van der Waals surface area contributed by atoms with Crippen molar-refractivity contribution in [2.24, 2.45) is 0 Å². The second-order valence-electron chi connectivity index (χ2n) is 15.6. The summed E-state index contributed by atoms with van der Waals surface area (Å²) in [5.41, 5.74) is 18.8. The van der Waals surface area contributed by atoms with Gasteiger partial charge in [-0.25, -0.2) is 4.98 Å². The van der Waals surface area contributed by atoms with E-state index in [1.54, 1.807) is 0 Å². The predicted octanol–water partition coefficient (Wildman–Crippen LogP) is -1.12. The van der Waals surface area contributed by atoms with Gasteiger partial charge in [-0.05, 0) is 23.3 Å². The van der Waals surface area contributed by atoms with Gasteiger partial charge in [0.1, 0.15) is 54.9 Å². The van der Waals surface area contributed by atoms with Gasteiger partial charge in [0, 0.05) is 49.4 Å². The van der Waals surface area contributed by atoms with Crippen LogP contribution in [-0.2, 0) is 0 Å². The Labute approximate surface area is 338 Å². The van der Waals surface area contributed by atoms with Crippen molar-refractivity contribution in [3.63, 3.8) is 0 Å². The first-order chi connectivity index (χ1) is 27.7. The van der Waals surface area contributed by atoms with Crippen LogP contribution in [0.1, 0.15) is 0 Å². The maximum Gasteiger partial charge on any atom is 0.238 e. The summed E-state index contributed by atoms with van der Waals surface area (Å²) < 4.78 is 4.87. The van der Waals surface area contributed by atoms with E-state index < -0.39 is 0 Å². The molecule has 0 N–H and O–H groups in total. The van der Waals surface area contributed by atoms with Gasteiger partial charge in [-0.3, -0.25) is 4.57 Å². The molecule has 0 aliphatic rings. The number of hydrogen-bond acceptors (Lipinski definition) is 3. The van der Waals surface area contributed by atoms with Crippen LogP contribution in [0.3, 0.4) is 0 Å². The van der Waals surface area contributed by atoms with E-state index in [9.17, 15) is 0 Å². The fourth-order valence-corrected chi connectivity index (χ4v) is 9.18. The highest BCUT2D eigenvalue weighted by atomic mass is 15.2. The Balaban J connectivity index is 1.41. The van der Waals surface area contributed by atoms with Crippen LogP contribution >= 0.6 is 0 Å². The molecule has 3 aromatic heterocycles. The van der Waals surface area contributed by atoms with Gasteiger partial charge in [-0.1, -0.05) is 160 Å². The lowest BCUT2D eigenvalue weighted by atomic mass is 9.73. The van der Waals surface area contributed by atoms with E-state index in [2.05, 4.69) is 161 Å². The van der Waals surface area contributed by atoms with Gasteiger partial charge < -0.3 is 4.57 Å². The molecule has 0 atom stereocenters. The molecule has 0 amide bonds. The van der Waals surface area contributed by atoms with E-state index >= 15 is 0 Å². The minimum absolute atomic E-state index is 0.611. The SMILES string of the molecule is Bc1cc(B)c2c(c1)c1c3c4c(B)c(B)cc(B)c4n(-c4cccc(-c5ccccc5)c4)c3c(B)c(B)c1n2-c1nc(-c2ccccc2)nc(-c2ccccc2)n1. The topological polar surface area (TPSA) is 48.5 Å². The number of hydrogen-bond donors (Lipinski definition) is 0. The van der Waals surface area contributed by atoms with Crippen LogP contribution in [-0.4, -0.2) is 79.0 Å². The van der Waals surface area contributed by atoms with Gasteiger partial charge in [0.2, 0.25) is 5.95 Å². The standard InChI is InChI=1S/C45H36B7N5/c46-27-20-29-33-34-35-36(50)30(47)22-32(49)40(35)56(28-18-10-17-26(19-28)23-11-4-1-5-12-23)42(34)38(52)37(51)41(33)57(39(29)31(48)21-27)45-54-43(24-13-6-2-7-14-24)53-44(55-45)25-15-8-3-9-16-25/h1-22H,46-52H2. The predicted molar refractivity (Wildman–Crippen MR) is 262 cm³/mol. The van der Waals surface area contributed by atoms with Gasteiger partial charge >= 0.3 is 0 Å². The number of aromatic nitrogens is 5. The van der Waals surface area contributed by atoms with Crippen molar-refractivity contribution in [1.29, 1.82) is 0 Å². The molecule has 0 saturated carbocycles. The lowest BCUT2D eigenvalue weighted by molar-refractivity contribution is 0.956. The molecule has 262 valence electrons. The molecule has 0 aliphatic carbocycles. The van der Waals surface area contributed by atoms with Crippen LogP contribution in [0, 0.1) is 0 Å². The minimum Gasteiger partial charge on any atom is -0.310 e. The first-order valence-electron chi connectivity index (χ1n) is 19.7.